The quantitative estimate of drug-likeness (QED) is 0.721. The van der Waals surface area contributed by atoms with Crippen molar-refractivity contribution in [1.29, 1.82) is 0 Å². The molecule has 3 aliphatic rings. The number of nitrogens with zero attached hydrogens (tertiary/aromatic N) is 3. The van der Waals surface area contributed by atoms with Gasteiger partial charge in [0.15, 0.2) is 0 Å². The largest absolute Gasteiger partial charge is 0.385 e. The number of amides is 1. The molecule has 0 N–H and O–H groups in total. The molecule has 0 radical (unpaired) electrons. The second kappa shape index (κ2) is 7.31. The summed E-state index contributed by atoms with van der Waals surface area (Å²) in [4.78, 5) is 18.0. The van der Waals surface area contributed by atoms with Gasteiger partial charge in [-0.1, -0.05) is 15.9 Å². The molecule has 0 aromatic heterocycles. The predicted octanol–water partition coefficient (Wildman–Crippen LogP) is 2.69. The van der Waals surface area contributed by atoms with Crippen LogP contribution in [-0.4, -0.2) is 64.3 Å². The van der Waals surface area contributed by atoms with Crippen LogP contribution in [-0.2, 0) is 9.53 Å². The van der Waals surface area contributed by atoms with Crippen LogP contribution in [0.1, 0.15) is 24.8 Å². The molecule has 1 fully saturated rings. The van der Waals surface area contributed by atoms with Crippen molar-refractivity contribution in [3.05, 3.63) is 22.2 Å². The number of anilines is 2. The molecule has 24 heavy (non-hydrogen) atoms. The lowest BCUT2D eigenvalue weighted by molar-refractivity contribution is -0.119. The second-order valence-corrected chi connectivity index (χ2v) is 7.53. The Morgan fingerprint density at radius 2 is 2.08 bits per heavy atom. The molecular formula is C18H26BrN3O2. The number of ether oxygens (including phenoxy) is 1. The standard InChI is InChI=1S/C15H18BrN3O.C3H8O/c1-17-4-5-19-13-2-3-18(9-20)8-12(13)11-6-10(16)7-14(17)15(11)19;1-3-4-2/h6-7,9,12-13H,2-5,8H2,1H3;3H2,1-2H3. The lowest BCUT2D eigenvalue weighted by Gasteiger charge is -2.40. The van der Waals surface area contributed by atoms with Crippen LogP contribution in [0.4, 0.5) is 11.4 Å². The summed E-state index contributed by atoms with van der Waals surface area (Å²) in [6.07, 6.45) is 2.09. The lowest BCUT2D eigenvalue weighted by Crippen LogP contribution is -2.48. The third-order valence-electron chi connectivity index (χ3n) is 5.30. The Morgan fingerprint density at radius 3 is 2.75 bits per heavy atom. The molecule has 2 unspecified atom stereocenters. The van der Waals surface area contributed by atoms with Crippen LogP contribution in [0.3, 0.4) is 0 Å². The minimum Gasteiger partial charge on any atom is -0.385 e. The summed E-state index contributed by atoms with van der Waals surface area (Å²) >= 11 is 3.65. The zero-order valence-corrected chi connectivity index (χ0v) is 16.3. The number of hydrogen-bond donors (Lipinski definition) is 0. The normalized spacial score (nSPS) is 24.1. The number of carbonyl (C=O) groups is 1. The molecule has 3 heterocycles. The van der Waals surface area contributed by atoms with Crippen LogP contribution in [0.15, 0.2) is 16.6 Å². The molecule has 0 bridgehead atoms. The Labute approximate surface area is 152 Å². The van der Waals surface area contributed by atoms with Crippen molar-refractivity contribution in [3.8, 4) is 0 Å². The van der Waals surface area contributed by atoms with Crippen LogP contribution < -0.4 is 9.80 Å². The fourth-order valence-corrected chi connectivity index (χ4v) is 4.52. The SMILES string of the molecule is CCOC.CN1CCN2c3c(cc(Br)cc31)C1CN(C=O)CCC12. The van der Waals surface area contributed by atoms with E-state index in [0.717, 1.165) is 50.1 Å². The van der Waals surface area contributed by atoms with Crippen molar-refractivity contribution in [2.24, 2.45) is 0 Å². The Morgan fingerprint density at radius 1 is 1.33 bits per heavy atom. The maximum absolute atomic E-state index is 11.1. The van der Waals surface area contributed by atoms with E-state index in [4.69, 9.17) is 0 Å². The Kier molecular flexibility index (Phi) is 5.35. The Hall–Kier alpha value is -1.27. The molecule has 0 spiro atoms. The highest BCUT2D eigenvalue weighted by Crippen LogP contribution is 2.51. The molecular weight excluding hydrogens is 370 g/mol. The average molecular weight is 396 g/mol. The van der Waals surface area contributed by atoms with E-state index in [2.05, 4.69) is 49.6 Å². The number of halogens is 1. The molecule has 1 aromatic rings. The Balaban J connectivity index is 0.000000383. The summed E-state index contributed by atoms with van der Waals surface area (Å²) in [5, 5.41) is 0. The van der Waals surface area contributed by atoms with Gasteiger partial charge in [0.2, 0.25) is 6.41 Å². The fourth-order valence-electron chi connectivity index (χ4n) is 4.05. The maximum Gasteiger partial charge on any atom is 0.209 e. The first-order chi connectivity index (χ1) is 11.6. The first-order valence-electron chi connectivity index (χ1n) is 8.60. The van der Waals surface area contributed by atoms with E-state index < -0.39 is 0 Å². The van der Waals surface area contributed by atoms with Gasteiger partial charge >= 0.3 is 0 Å². The molecule has 4 rings (SSSR count). The summed E-state index contributed by atoms with van der Waals surface area (Å²) in [6, 6.07) is 5.05. The van der Waals surface area contributed by atoms with Crippen molar-refractivity contribution in [1.82, 2.24) is 4.90 Å². The number of piperidine rings is 1. The Bertz CT molecular complexity index is 608. The van der Waals surface area contributed by atoms with Crippen molar-refractivity contribution in [2.75, 3.05) is 56.7 Å². The fraction of sp³-hybridized carbons (Fsp3) is 0.611. The van der Waals surface area contributed by atoms with E-state index in [9.17, 15) is 4.79 Å². The van der Waals surface area contributed by atoms with Gasteiger partial charge in [-0.25, -0.2) is 0 Å². The van der Waals surface area contributed by atoms with Gasteiger partial charge in [-0.05, 0) is 31.0 Å². The van der Waals surface area contributed by atoms with Crippen molar-refractivity contribution < 1.29 is 9.53 Å². The van der Waals surface area contributed by atoms with E-state index in [1.807, 2.05) is 11.8 Å². The summed E-state index contributed by atoms with van der Waals surface area (Å²) in [5.41, 5.74) is 4.15. The van der Waals surface area contributed by atoms with Gasteiger partial charge in [0.1, 0.15) is 0 Å². The number of hydrogen-bond acceptors (Lipinski definition) is 4. The van der Waals surface area contributed by atoms with Crippen LogP contribution in [0.5, 0.6) is 0 Å². The van der Waals surface area contributed by atoms with Gasteiger partial charge in [0, 0.05) is 63.4 Å². The number of methoxy groups -OCH3 is 1. The van der Waals surface area contributed by atoms with E-state index >= 15 is 0 Å². The summed E-state index contributed by atoms with van der Waals surface area (Å²) < 4.78 is 5.68. The maximum atomic E-state index is 11.1. The van der Waals surface area contributed by atoms with Crippen molar-refractivity contribution in [3.63, 3.8) is 0 Å². The number of likely N-dealkylation sites (N-methyl/N-ethyl adjacent to an activating group) is 1. The van der Waals surface area contributed by atoms with E-state index in [1.54, 1.807) is 7.11 Å². The first-order valence-corrected chi connectivity index (χ1v) is 9.39. The highest BCUT2D eigenvalue weighted by atomic mass is 79.9. The number of likely N-dealkylation sites (tertiary alicyclic amines) is 1. The van der Waals surface area contributed by atoms with E-state index in [0.29, 0.717) is 12.0 Å². The van der Waals surface area contributed by atoms with Crippen LogP contribution in [0.25, 0.3) is 0 Å². The molecule has 1 aromatic carbocycles. The van der Waals surface area contributed by atoms with Gasteiger partial charge in [0.25, 0.3) is 0 Å². The number of benzene rings is 1. The second-order valence-electron chi connectivity index (χ2n) is 6.62. The van der Waals surface area contributed by atoms with E-state index in [1.165, 1.54) is 16.9 Å². The molecule has 132 valence electrons. The zero-order chi connectivity index (χ0) is 17.3. The molecule has 0 aliphatic carbocycles. The van der Waals surface area contributed by atoms with Gasteiger partial charge in [-0.2, -0.15) is 0 Å². The average Bonchev–Trinajstić information content (AvgIpc) is 2.92. The molecule has 6 heteroatoms. The number of rotatable bonds is 2. The lowest BCUT2D eigenvalue weighted by atomic mass is 9.89. The summed E-state index contributed by atoms with van der Waals surface area (Å²) in [6.45, 7) is 6.70. The molecule has 1 amide bonds. The summed E-state index contributed by atoms with van der Waals surface area (Å²) in [5.74, 6) is 0.465. The van der Waals surface area contributed by atoms with Crippen molar-refractivity contribution in [2.45, 2.75) is 25.3 Å². The minimum absolute atomic E-state index is 0.465. The smallest absolute Gasteiger partial charge is 0.209 e. The number of carbonyl (C=O) groups excluding carboxylic acids is 1. The number of fused-ring (bicyclic) bond motifs is 3. The van der Waals surface area contributed by atoms with Gasteiger partial charge in [0.05, 0.1) is 11.4 Å². The van der Waals surface area contributed by atoms with E-state index in [-0.39, 0.29) is 0 Å². The molecule has 1 saturated heterocycles. The topological polar surface area (TPSA) is 36.0 Å². The molecule has 3 aliphatic heterocycles. The first kappa shape index (κ1) is 17.5. The highest BCUT2D eigenvalue weighted by molar-refractivity contribution is 9.10. The van der Waals surface area contributed by atoms with Crippen LogP contribution in [0, 0.1) is 0 Å². The molecule has 2 atom stereocenters. The van der Waals surface area contributed by atoms with Gasteiger partial charge in [-0.15, -0.1) is 0 Å². The van der Waals surface area contributed by atoms with Crippen LogP contribution >= 0.6 is 15.9 Å². The monoisotopic (exact) mass is 395 g/mol. The predicted molar refractivity (Wildman–Crippen MR) is 101 cm³/mol. The third-order valence-corrected chi connectivity index (χ3v) is 5.76. The van der Waals surface area contributed by atoms with Gasteiger partial charge in [-0.3, -0.25) is 4.79 Å². The molecule has 0 saturated carbocycles. The highest BCUT2D eigenvalue weighted by Gasteiger charge is 2.44. The van der Waals surface area contributed by atoms with Gasteiger partial charge < -0.3 is 19.4 Å². The molecule has 5 nitrogen and oxygen atoms in total. The minimum atomic E-state index is 0.465. The van der Waals surface area contributed by atoms with Crippen molar-refractivity contribution >= 4 is 33.7 Å². The van der Waals surface area contributed by atoms with Crippen LogP contribution in [0.2, 0.25) is 0 Å². The zero-order valence-electron chi connectivity index (χ0n) is 14.7. The summed E-state index contributed by atoms with van der Waals surface area (Å²) in [7, 11) is 3.85. The third kappa shape index (κ3) is 3.02.